The number of hydrogen-bond donors (Lipinski definition) is 2. The summed E-state index contributed by atoms with van der Waals surface area (Å²) in [7, 11) is 0. The zero-order valence-corrected chi connectivity index (χ0v) is 8.88. The Balaban J connectivity index is 3.05. The zero-order chi connectivity index (χ0) is 10.6. The van der Waals surface area contributed by atoms with Crippen LogP contribution in [0, 0.1) is 13.8 Å². The van der Waals surface area contributed by atoms with Gasteiger partial charge in [-0.25, -0.2) is 0 Å². The van der Waals surface area contributed by atoms with Crippen molar-refractivity contribution in [2.75, 3.05) is 13.2 Å². The maximum atomic E-state index is 8.94. The Bertz CT molecular complexity index is 305. The van der Waals surface area contributed by atoms with E-state index in [1.165, 1.54) is 22.3 Å². The molecule has 0 amide bonds. The molecule has 0 heterocycles. The van der Waals surface area contributed by atoms with E-state index >= 15 is 0 Å². The smallest absolute Gasteiger partial charge is 0.0471 e. The lowest BCUT2D eigenvalue weighted by molar-refractivity contribution is 0.297. The molecule has 1 aromatic carbocycles. The second kappa shape index (κ2) is 5.13. The van der Waals surface area contributed by atoms with E-state index in [1.54, 1.807) is 0 Å². The van der Waals surface area contributed by atoms with Crippen molar-refractivity contribution in [3.05, 3.63) is 34.4 Å². The van der Waals surface area contributed by atoms with Gasteiger partial charge in [-0.15, -0.1) is 0 Å². The van der Waals surface area contributed by atoms with E-state index in [1.807, 2.05) is 0 Å². The van der Waals surface area contributed by atoms with E-state index < -0.39 is 0 Å². The summed E-state index contributed by atoms with van der Waals surface area (Å²) in [5.41, 5.74) is 4.84. The van der Waals surface area contributed by atoms with Crippen LogP contribution in [0.15, 0.2) is 12.1 Å². The van der Waals surface area contributed by atoms with E-state index in [9.17, 15) is 0 Å². The summed E-state index contributed by atoms with van der Waals surface area (Å²) in [4.78, 5) is 0. The molecule has 0 radical (unpaired) electrons. The van der Waals surface area contributed by atoms with Crippen molar-refractivity contribution >= 4 is 0 Å². The molecule has 2 heteroatoms. The molecular formula is C12H18O2. The Labute approximate surface area is 85.2 Å². The number of aryl methyl sites for hydroxylation is 1. The molecule has 0 atom stereocenters. The summed E-state index contributed by atoms with van der Waals surface area (Å²) in [5, 5.41) is 17.8. The van der Waals surface area contributed by atoms with Crippen LogP contribution in [0.1, 0.15) is 22.3 Å². The van der Waals surface area contributed by atoms with Gasteiger partial charge in [0.2, 0.25) is 0 Å². The average Bonchev–Trinajstić information content (AvgIpc) is 2.17. The Morgan fingerprint density at radius 3 is 2.21 bits per heavy atom. The lowest BCUT2D eigenvalue weighted by Gasteiger charge is -2.12. The van der Waals surface area contributed by atoms with Crippen LogP contribution in [0.4, 0.5) is 0 Å². The normalized spacial score (nSPS) is 10.6. The molecule has 0 fully saturated rings. The summed E-state index contributed by atoms with van der Waals surface area (Å²) >= 11 is 0. The number of aliphatic hydroxyl groups is 2. The topological polar surface area (TPSA) is 40.5 Å². The van der Waals surface area contributed by atoms with Gasteiger partial charge in [-0.2, -0.15) is 0 Å². The molecule has 0 aliphatic carbocycles. The lowest BCUT2D eigenvalue weighted by atomic mass is 9.94. The summed E-state index contributed by atoms with van der Waals surface area (Å²) in [5.74, 6) is 0. The van der Waals surface area contributed by atoms with Gasteiger partial charge in [-0.3, -0.25) is 0 Å². The minimum Gasteiger partial charge on any atom is -0.396 e. The molecule has 1 aromatic rings. The lowest BCUT2D eigenvalue weighted by Crippen LogP contribution is -2.02. The fourth-order valence-corrected chi connectivity index (χ4v) is 1.83. The quantitative estimate of drug-likeness (QED) is 0.760. The fourth-order valence-electron chi connectivity index (χ4n) is 1.83. The average molecular weight is 194 g/mol. The second-order valence-electron chi connectivity index (χ2n) is 3.59. The van der Waals surface area contributed by atoms with E-state index in [0.29, 0.717) is 12.8 Å². The van der Waals surface area contributed by atoms with Crippen LogP contribution in [0.3, 0.4) is 0 Å². The molecule has 0 aliphatic heterocycles. The van der Waals surface area contributed by atoms with Gasteiger partial charge in [0.1, 0.15) is 0 Å². The first-order valence-electron chi connectivity index (χ1n) is 5.00. The molecule has 0 aromatic heterocycles. The van der Waals surface area contributed by atoms with Crippen LogP contribution in [-0.4, -0.2) is 23.4 Å². The van der Waals surface area contributed by atoms with Crippen molar-refractivity contribution in [2.24, 2.45) is 0 Å². The molecule has 2 N–H and O–H groups in total. The summed E-state index contributed by atoms with van der Waals surface area (Å²) < 4.78 is 0. The van der Waals surface area contributed by atoms with Crippen LogP contribution in [0.5, 0.6) is 0 Å². The third-order valence-corrected chi connectivity index (χ3v) is 2.69. The number of rotatable bonds is 4. The Morgan fingerprint density at radius 2 is 1.64 bits per heavy atom. The summed E-state index contributed by atoms with van der Waals surface area (Å²) in [6, 6.07) is 4.12. The minimum absolute atomic E-state index is 0.183. The third kappa shape index (κ3) is 2.34. The van der Waals surface area contributed by atoms with Crippen molar-refractivity contribution in [2.45, 2.75) is 26.7 Å². The van der Waals surface area contributed by atoms with Crippen molar-refractivity contribution in [3.63, 3.8) is 0 Å². The van der Waals surface area contributed by atoms with E-state index in [0.717, 1.165) is 0 Å². The zero-order valence-electron chi connectivity index (χ0n) is 8.88. The Morgan fingerprint density at radius 1 is 1.00 bits per heavy atom. The molecule has 0 bridgehead atoms. The first kappa shape index (κ1) is 11.2. The van der Waals surface area contributed by atoms with Gasteiger partial charge >= 0.3 is 0 Å². The molecular weight excluding hydrogens is 176 g/mol. The molecule has 0 saturated heterocycles. The first-order valence-corrected chi connectivity index (χ1v) is 5.00. The van der Waals surface area contributed by atoms with Gasteiger partial charge in [0.15, 0.2) is 0 Å². The maximum absolute atomic E-state index is 8.94. The fraction of sp³-hybridized carbons (Fsp3) is 0.500. The van der Waals surface area contributed by atoms with Gasteiger partial charge in [0.25, 0.3) is 0 Å². The standard InChI is InChI=1S/C12H18O2/c1-9-3-4-11(5-7-13)10(2)12(9)6-8-14/h3-4,13-14H,5-8H2,1-2H3. The van der Waals surface area contributed by atoms with Crippen molar-refractivity contribution in [1.82, 2.24) is 0 Å². The van der Waals surface area contributed by atoms with Crippen LogP contribution in [0.2, 0.25) is 0 Å². The maximum Gasteiger partial charge on any atom is 0.0471 e. The van der Waals surface area contributed by atoms with Gasteiger partial charge < -0.3 is 10.2 Å². The van der Waals surface area contributed by atoms with Gasteiger partial charge in [-0.1, -0.05) is 12.1 Å². The first-order chi connectivity index (χ1) is 6.70. The molecule has 0 saturated carbocycles. The monoisotopic (exact) mass is 194 g/mol. The van der Waals surface area contributed by atoms with Gasteiger partial charge in [-0.05, 0) is 48.9 Å². The highest BCUT2D eigenvalue weighted by Gasteiger charge is 2.06. The molecule has 78 valence electrons. The SMILES string of the molecule is Cc1ccc(CCO)c(C)c1CCO. The van der Waals surface area contributed by atoms with Crippen LogP contribution in [0.25, 0.3) is 0 Å². The molecule has 0 unspecified atom stereocenters. The molecule has 1 rings (SSSR count). The highest BCUT2D eigenvalue weighted by Crippen LogP contribution is 2.19. The van der Waals surface area contributed by atoms with Gasteiger partial charge in [0.05, 0.1) is 0 Å². The van der Waals surface area contributed by atoms with Crippen LogP contribution < -0.4 is 0 Å². The van der Waals surface area contributed by atoms with E-state index in [-0.39, 0.29) is 13.2 Å². The summed E-state index contributed by atoms with van der Waals surface area (Å²) in [6.45, 7) is 4.48. The molecule has 0 aliphatic rings. The Hall–Kier alpha value is -0.860. The van der Waals surface area contributed by atoms with Crippen molar-refractivity contribution < 1.29 is 10.2 Å². The highest BCUT2D eigenvalue weighted by atomic mass is 16.3. The van der Waals surface area contributed by atoms with Crippen LogP contribution in [-0.2, 0) is 12.8 Å². The predicted octanol–water partition coefficient (Wildman–Crippen LogP) is 1.37. The van der Waals surface area contributed by atoms with Crippen molar-refractivity contribution in [3.8, 4) is 0 Å². The van der Waals surface area contributed by atoms with E-state index in [4.69, 9.17) is 10.2 Å². The van der Waals surface area contributed by atoms with Crippen LogP contribution >= 0.6 is 0 Å². The largest absolute Gasteiger partial charge is 0.396 e. The molecule has 0 spiro atoms. The number of aliphatic hydroxyl groups excluding tert-OH is 2. The number of benzene rings is 1. The summed E-state index contributed by atoms with van der Waals surface area (Å²) in [6.07, 6.45) is 1.40. The predicted molar refractivity (Wildman–Crippen MR) is 57.5 cm³/mol. The molecule has 14 heavy (non-hydrogen) atoms. The highest BCUT2D eigenvalue weighted by molar-refractivity contribution is 5.40. The Kier molecular flexibility index (Phi) is 4.11. The van der Waals surface area contributed by atoms with E-state index in [2.05, 4.69) is 26.0 Å². The van der Waals surface area contributed by atoms with Gasteiger partial charge in [0, 0.05) is 13.2 Å². The minimum atomic E-state index is 0.183. The van der Waals surface area contributed by atoms with Crippen molar-refractivity contribution in [1.29, 1.82) is 0 Å². The third-order valence-electron chi connectivity index (χ3n) is 2.69. The molecule has 2 nitrogen and oxygen atoms in total. The second-order valence-corrected chi connectivity index (χ2v) is 3.59. The number of hydrogen-bond acceptors (Lipinski definition) is 2.